The van der Waals surface area contributed by atoms with Gasteiger partial charge < -0.3 is 14.8 Å². The van der Waals surface area contributed by atoms with Crippen LogP contribution in [0.2, 0.25) is 0 Å². The maximum atomic E-state index is 13.3. The van der Waals surface area contributed by atoms with Crippen LogP contribution in [0.4, 0.5) is 4.39 Å². The largest absolute Gasteiger partial charge is 0.493 e. The van der Waals surface area contributed by atoms with E-state index in [-0.39, 0.29) is 5.82 Å². The summed E-state index contributed by atoms with van der Waals surface area (Å²) in [6.45, 7) is 3.00. The summed E-state index contributed by atoms with van der Waals surface area (Å²) >= 11 is 0. The quantitative estimate of drug-likeness (QED) is 0.883. The fraction of sp³-hybridized carbons (Fsp3) is 0.294. The van der Waals surface area contributed by atoms with E-state index < -0.39 is 0 Å². The molecule has 0 aromatic heterocycles. The average molecular weight is 289 g/mol. The third-order valence-electron chi connectivity index (χ3n) is 3.30. The lowest BCUT2D eigenvalue weighted by molar-refractivity contribution is 0.283. The predicted octanol–water partition coefficient (Wildman–Crippen LogP) is 3.44. The molecule has 0 radical (unpaired) electrons. The molecular formula is C17H20FNO2. The Balaban J connectivity index is 2.18. The first kappa shape index (κ1) is 15.3. The second kappa shape index (κ2) is 7.09. The summed E-state index contributed by atoms with van der Waals surface area (Å²) in [6.07, 6.45) is 0. The van der Waals surface area contributed by atoms with E-state index >= 15 is 0 Å². The maximum Gasteiger partial charge on any atom is 0.161 e. The summed E-state index contributed by atoms with van der Waals surface area (Å²) < 4.78 is 24.4. The fourth-order valence-corrected chi connectivity index (χ4v) is 2.10. The Kier molecular flexibility index (Phi) is 5.17. The number of hydrogen-bond donors (Lipinski definition) is 1. The van der Waals surface area contributed by atoms with Crippen molar-refractivity contribution in [3.8, 4) is 11.5 Å². The van der Waals surface area contributed by atoms with Crippen LogP contribution in [0.1, 0.15) is 16.7 Å². The van der Waals surface area contributed by atoms with Gasteiger partial charge >= 0.3 is 0 Å². The van der Waals surface area contributed by atoms with E-state index in [4.69, 9.17) is 9.47 Å². The number of ether oxygens (including phenoxy) is 2. The van der Waals surface area contributed by atoms with Crippen molar-refractivity contribution in [2.45, 2.75) is 20.1 Å². The Morgan fingerprint density at radius 1 is 1.10 bits per heavy atom. The Morgan fingerprint density at radius 3 is 2.62 bits per heavy atom. The zero-order valence-electron chi connectivity index (χ0n) is 12.6. The molecule has 4 heteroatoms. The molecule has 0 unspecified atom stereocenters. The van der Waals surface area contributed by atoms with Gasteiger partial charge in [0.1, 0.15) is 12.4 Å². The van der Waals surface area contributed by atoms with Crippen molar-refractivity contribution in [1.82, 2.24) is 5.32 Å². The highest BCUT2D eigenvalue weighted by molar-refractivity contribution is 5.43. The van der Waals surface area contributed by atoms with Crippen LogP contribution >= 0.6 is 0 Å². The van der Waals surface area contributed by atoms with Crippen molar-refractivity contribution < 1.29 is 13.9 Å². The SMILES string of the molecule is CNCc1ccc(OC)c(OCc2cc(F)ccc2C)c1. The van der Waals surface area contributed by atoms with E-state index in [1.807, 2.05) is 32.2 Å². The molecule has 3 nitrogen and oxygen atoms in total. The molecule has 0 bridgehead atoms. The van der Waals surface area contributed by atoms with Gasteiger partial charge in [-0.1, -0.05) is 12.1 Å². The Morgan fingerprint density at radius 2 is 1.90 bits per heavy atom. The lowest BCUT2D eigenvalue weighted by Crippen LogP contribution is -2.06. The van der Waals surface area contributed by atoms with Crippen LogP contribution in [-0.4, -0.2) is 14.2 Å². The number of halogens is 1. The molecule has 21 heavy (non-hydrogen) atoms. The van der Waals surface area contributed by atoms with Gasteiger partial charge in [-0.15, -0.1) is 0 Å². The first-order valence-corrected chi connectivity index (χ1v) is 6.83. The highest BCUT2D eigenvalue weighted by atomic mass is 19.1. The monoisotopic (exact) mass is 289 g/mol. The van der Waals surface area contributed by atoms with Crippen LogP contribution in [-0.2, 0) is 13.2 Å². The zero-order chi connectivity index (χ0) is 15.2. The minimum atomic E-state index is -0.255. The summed E-state index contributed by atoms with van der Waals surface area (Å²) in [5.41, 5.74) is 2.93. The molecule has 0 fully saturated rings. The number of benzene rings is 2. The van der Waals surface area contributed by atoms with Crippen molar-refractivity contribution >= 4 is 0 Å². The molecule has 112 valence electrons. The lowest BCUT2D eigenvalue weighted by atomic mass is 10.1. The molecule has 0 aliphatic heterocycles. The second-order valence-electron chi connectivity index (χ2n) is 4.88. The molecule has 0 aliphatic rings. The fourth-order valence-electron chi connectivity index (χ4n) is 2.10. The number of nitrogens with one attached hydrogen (secondary N) is 1. The second-order valence-corrected chi connectivity index (χ2v) is 4.88. The molecule has 2 rings (SSSR count). The molecule has 0 saturated carbocycles. The van der Waals surface area contributed by atoms with Crippen molar-refractivity contribution in [3.05, 3.63) is 58.9 Å². The summed E-state index contributed by atoms with van der Waals surface area (Å²) in [4.78, 5) is 0. The third-order valence-corrected chi connectivity index (χ3v) is 3.30. The molecule has 2 aromatic rings. The third kappa shape index (κ3) is 3.95. The summed E-state index contributed by atoms with van der Waals surface area (Å²) in [6, 6.07) is 10.5. The Hall–Kier alpha value is -2.07. The van der Waals surface area contributed by atoms with Gasteiger partial charge in [-0.25, -0.2) is 4.39 Å². The van der Waals surface area contributed by atoms with Crippen molar-refractivity contribution in [1.29, 1.82) is 0 Å². The molecule has 0 aliphatic carbocycles. The molecule has 0 heterocycles. The van der Waals surface area contributed by atoms with Crippen LogP contribution in [0.3, 0.4) is 0 Å². The minimum absolute atomic E-state index is 0.255. The lowest BCUT2D eigenvalue weighted by Gasteiger charge is -2.13. The van der Waals surface area contributed by atoms with Crippen LogP contribution in [0.5, 0.6) is 11.5 Å². The minimum Gasteiger partial charge on any atom is -0.493 e. The van der Waals surface area contributed by atoms with E-state index in [1.54, 1.807) is 13.2 Å². The molecule has 0 atom stereocenters. The van der Waals surface area contributed by atoms with Crippen molar-refractivity contribution in [3.63, 3.8) is 0 Å². The van der Waals surface area contributed by atoms with Crippen LogP contribution in [0, 0.1) is 12.7 Å². The van der Waals surface area contributed by atoms with E-state index in [9.17, 15) is 4.39 Å². The van der Waals surface area contributed by atoms with Gasteiger partial charge in [-0.2, -0.15) is 0 Å². The number of rotatable bonds is 6. The van der Waals surface area contributed by atoms with Gasteiger partial charge in [0.15, 0.2) is 11.5 Å². The van der Waals surface area contributed by atoms with Crippen LogP contribution < -0.4 is 14.8 Å². The van der Waals surface area contributed by atoms with Gasteiger partial charge in [-0.05, 0) is 54.9 Å². The normalized spacial score (nSPS) is 10.5. The van der Waals surface area contributed by atoms with E-state index in [0.717, 1.165) is 23.2 Å². The molecule has 2 aromatic carbocycles. The zero-order valence-corrected chi connectivity index (χ0v) is 12.6. The van der Waals surface area contributed by atoms with E-state index in [0.29, 0.717) is 18.1 Å². The first-order valence-electron chi connectivity index (χ1n) is 6.83. The van der Waals surface area contributed by atoms with Gasteiger partial charge in [-0.3, -0.25) is 0 Å². The summed E-state index contributed by atoms with van der Waals surface area (Å²) in [5, 5.41) is 3.09. The molecule has 1 N–H and O–H groups in total. The summed E-state index contributed by atoms with van der Waals surface area (Å²) in [7, 11) is 3.49. The van der Waals surface area contributed by atoms with Crippen LogP contribution in [0.15, 0.2) is 36.4 Å². The maximum absolute atomic E-state index is 13.3. The molecule has 0 spiro atoms. The highest BCUT2D eigenvalue weighted by Gasteiger charge is 2.08. The smallest absolute Gasteiger partial charge is 0.161 e. The average Bonchev–Trinajstić information content (AvgIpc) is 2.49. The standard InChI is InChI=1S/C17H20FNO2/c1-12-4-6-15(18)9-14(12)11-21-17-8-13(10-19-2)5-7-16(17)20-3/h4-9,19H,10-11H2,1-3H3. The van der Waals surface area contributed by atoms with Crippen molar-refractivity contribution in [2.75, 3.05) is 14.2 Å². The van der Waals surface area contributed by atoms with E-state index in [1.165, 1.54) is 12.1 Å². The van der Waals surface area contributed by atoms with Crippen LogP contribution in [0.25, 0.3) is 0 Å². The molecule has 0 saturated heterocycles. The number of methoxy groups -OCH3 is 1. The van der Waals surface area contributed by atoms with Crippen molar-refractivity contribution in [2.24, 2.45) is 0 Å². The predicted molar refractivity (Wildman–Crippen MR) is 81.2 cm³/mol. The first-order chi connectivity index (χ1) is 10.1. The van der Waals surface area contributed by atoms with Gasteiger partial charge in [0.05, 0.1) is 7.11 Å². The highest BCUT2D eigenvalue weighted by Crippen LogP contribution is 2.29. The van der Waals surface area contributed by atoms with E-state index in [2.05, 4.69) is 5.32 Å². The summed E-state index contributed by atoms with van der Waals surface area (Å²) in [5.74, 6) is 1.08. The number of hydrogen-bond acceptors (Lipinski definition) is 3. The Bertz CT molecular complexity index is 614. The van der Waals surface area contributed by atoms with Gasteiger partial charge in [0, 0.05) is 6.54 Å². The Labute approximate surface area is 124 Å². The van der Waals surface area contributed by atoms with Gasteiger partial charge in [0.25, 0.3) is 0 Å². The van der Waals surface area contributed by atoms with Gasteiger partial charge in [0.2, 0.25) is 0 Å². The topological polar surface area (TPSA) is 30.5 Å². The number of aryl methyl sites for hydroxylation is 1. The molecule has 0 amide bonds. The molecular weight excluding hydrogens is 269 g/mol.